The van der Waals surface area contributed by atoms with E-state index in [1.807, 2.05) is 25.5 Å². The van der Waals surface area contributed by atoms with Gasteiger partial charge in [-0.2, -0.15) is 0 Å². The Balaban J connectivity index is 1.95. The standard InChI is InChI=1S/C20H18N2S/c1-15(16-7-4-3-5-8-16)11-19(21-2)17-12-18(14-22-13-17)20-9-6-10-23-20/h3-14H,1-2H3/b15-11+,21-19?. The Morgan fingerprint density at radius 2 is 1.87 bits per heavy atom. The zero-order valence-corrected chi connectivity index (χ0v) is 14.0. The Bertz CT molecular complexity index is 831. The van der Waals surface area contributed by atoms with Crippen molar-refractivity contribution in [2.24, 2.45) is 4.99 Å². The molecular formula is C20H18N2S. The largest absolute Gasteiger partial charge is 0.288 e. The average Bonchev–Trinajstić information content (AvgIpc) is 3.15. The van der Waals surface area contributed by atoms with Crippen LogP contribution >= 0.6 is 11.3 Å². The number of hydrogen-bond acceptors (Lipinski definition) is 3. The van der Waals surface area contributed by atoms with Gasteiger partial charge in [0.2, 0.25) is 0 Å². The zero-order chi connectivity index (χ0) is 16.1. The molecule has 0 radical (unpaired) electrons. The molecule has 0 atom stereocenters. The number of pyridine rings is 1. The van der Waals surface area contributed by atoms with Gasteiger partial charge in [-0.05, 0) is 41.6 Å². The van der Waals surface area contributed by atoms with E-state index in [0.29, 0.717) is 0 Å². The van der Waals surface area contributed by atoms with Crippen molar-refractivity contribution in [3.05, 3.63) is 83.5 Å². The minimum atomic E-state index is 0.942. The minimum absolute atomic E-state index is 0.942. The molecule has 0 fully saturated rings. The summed E-state index contributed by atoms with van der Waals surface area (Å²) in [4.78, 5) is 10.1. The van der Waals surface area contributed by atoms with Crippen LogP contribution in [0.15, 0.2) is 77.4 Å². The van der Waals surface area contributed by atoms with Gasteiger partial charge < -0.3 is 0 Å². The molecule has 0 amide bonds. The number of allylic oxidation sites excluding steroid dienone is 2. The first-order valence-corrected chi connectivity index (χ1v) is 8.35. The molecule has 114 valence electrons. The minimum Gasteiger partial charge on any atom is -0.288 e. The fourth-order valence-corrected chi connectivity index (χ4v) is 3.13. The maximum atomic E-state index is 4.45. The van der Waals surface area contributed by atoms with E-state index in [1.165, 1.54) is 16.0 Å². The zero-order valence-electron chi connectivity index (χ0n) is 13.2. The van der Waals surface area contributed by atoms with Gasteiger partial charge in [-0.15, -0.1) is 11.3 Å². The molecule has 3 heteroatoms. The molecular weight excluding hydrogens is 300 g/mol. The predicted molar refractivity (Wildman–Crippen MR) is 100 cm³/mol. The maximum Gasteiger partial charge on any atom is 0.0661 e. The molecule has 0 bridgehead atoms. The summed E-state index contributed by atoms with van der Waals surface area (Å²) in [5.41, 5.74) is 5.50. The number of hydrogen-bond donors (Lipinski definition) is 0. The molecule has 2 heterocycles. The van der Waals surface area contributed by atoms with Crippen molar-refractivity contribution in [1.82, 2.24) is 4.98 Å². The van der Waals surface area contributed by atoms with Gasteiger partial charge >= 0.3 is 0 Å². The Morgan fingerprint density at radius 1 is 1.04 bits per heavy atom. The molecule has 23 heavy (non-hydrogen) atoms. The van der Waals surface area contributed by atoms with Crippen molar-refractivity contribution in [3.8, 4) is 10.4 Å². The summed E-state index contributed by atoms with van der Waals surface area (Å²) < 4.78 is 0. The fourth-order valence-electron chi connectivity index (χ4n) is 2.42. The smallest absolute Gasteiger partial charge is 0.0661 e. The summed E-state index contributed by atoms with van der Waals surface area (Å²) in [6, 6.07) is 16.7. The summed E-state index contributed by atoms with van der Waals surface area (Å²) >= 11 is 1.72. The van der Waals surface area contributed by atoms with E-state index in [-0.39, 0.29) is 0 Å². The summed E-state index contributed by atoms with van der Waals surface area (Å²) in [5.74, 6) is 0. The second kappa shape index (κ2) is 7.16. The van der Waals surface area contributed by atoms with Crippen LogP contribution in [0, 0.1) is 0 Å². The molecule has 1 aromatic carbocycles. The number of benzene rings is 1. The third kappa shape index (κ3) is 3.63. The van der Waals surface area contributed by atoms with Gasteiger partial charge in [0.05, 0.1) is 5.71 Å². The van der Waals surface area contributed by atoms with Crippen molar-refractivity contribution >= 4 is 22.6 Å². The average molecular weight is 318 g/mol. The monoisotopic (exact) mass is 318 g/mol. The van der Waals surface area contributed by atoms with E-state index in [0.717, 1.165) is 16.8 Å². The molecule has 2 nitrogen and oxygen atoms in total. The number of aliphatic imine (C=N–C) groups is 1. The van der Waals surface area contributed by atoms with Crippen molar-refractivity contribution in [2.75, 3.05) is 7.05 Å². The molecule has 0 saturated carbocycles. The van der Waals surface area contributed by atoms with Crippen molar-refractivity contribution in [3.63, 3.8) is 0 Å². The third-order valence-electron chi connectivity index (χ3n) is 3.66. The quantitative estimate of drug-likeness (QED) is 0.597. The Kier molecular flexibility index (Phi) is 4.79. The number of rotatable bonds is 4. The van der Waals surface area contributed by atoms with Crippen LogP contribution in [0.2, 0.25) is 0 Å². The van der Waals surface area contributed by atoms with Crippen LogP contribution in [0.3, 0.4) is 0 Å². The lowest BCUT2D eigenvalue weighted by Crippen LogP contribution is -1.99. The topological polar surface area (TPSA) is 25.2 Å². The summed E-state index contributed by atoms with van der Waals surface area (Å²) in [6.07, 6.45) is 5.88. The molecule has 0 N–H and O–H groups in total. The van der Waals surface area contributed by atoms with Crippen LogP contribution < -0.4 is 0 Å². The highest BCUT2D eigenvalue weighted by Gasteiger charge is 2.06. The number of thiophene rings is 1. The van der Waals surface area contributed by atoms with E-state index >= 15 is 0 Å². The van der Waals surface area contributed by atoms with E-state index in [1.54, 1.807) is 11.3 Å². The first-order chi connectivity index (χ1) is 11.3. The highest BCUT2D eigenvalue weighted by Crippen LogP contribution is 2.25. The molecule has 0 aliphatic carbocycles. The first-order valence-electron chi connectivity index (χ1n) is 7.48. The van der Waals surface area contributed by atoms with Gasteiger partial charge in [-0.1, -0.05) is 36.4 Å². The maximum absolute atomic E-state index is 4.45. The van der Waals surface area contributed by atoms with Gasteiger partial charge in [0.15, 0.2) is 0 Å². The molecule has 2 aromatic heterocycles. The van der Waals surface area contributed by atoms with Crippen LogP contribution in [0.25, 0.3) is 16.0 Å². The van der Waals surface area contributed by atoms with Gasteiger partial charge in [-0.25, -0.2) is 0 Å². The van der Waals surface area contributed by atoms with Crippen LogP contribution in [-0.2, 0) is 0 Å². The first kappa shape index (κ1) is 15.4. The fraction of sp³-hybridized carbons (Fsp3) is 0.100. The van der Waals surface area contributed by atoms with Crippen LogP contribution in [0.1, 0.15) is 18.1 Å². The van der Waals surface area contributed by atoms with Gasteiger partial charge in [-0.3, -0.25) is 9.98 Å². The molecule has 0 spiro atoms. The SMILES string of the molecule is CN=C(/C=C(\C)c1ccccc1)c1cncc(-c2cccs2)c1. The van der Waals surface area contributed by atoms with Gasteiger partial charge in [0.25, 0.3) is 0 Å². The Labute approximate surface area is 140 Å². The molecule has 0 saturated heterocycles. The van der Waals surface area contributed by atoms with Crippen LogP contribution in [0.4, 0.5) is 0 Å². The van der Waals surface area contributed by atoms with Gasteiger partial charge in [0.1, 0.15) is 0 Å². The summed E-state index contributed by atoms with van der Waals surface area (Å²) in [5, 5.41) is 2.08. The molecule has 3 aromatic rings. The van der Waals surface area contributed by atoms with E-state index in [9.17, 15) is 0 Å². The normalized spacial score (nSPS) is 12.4. The second-order valence-corrected chi connectivity index (χ2v) is 6.19. The Morgan fingerprint density at radius 3 is 2.57 bits per heavy atom. The van der Waals surface area contributed by atoms with Crippen LogP contribution in [-0.4, -0.2) is 17.7 Å². The van der Waals surface area contributed by atoms with Crippen molar-refractivity contribution in [1.29, 1.82) is 0 Å². The third-order valence-corrected chi connectivity index (χ3v) is 4.58. The molecule has 0 aliphatic heterocycles. The second-order valence-electron chi connectivity index (χ2n) is 5.24. The lowest BCUT2D eigenvalue weighted by molar-refractivity contribution is 1.31. The molecule has 3 rings (SSSR count). The summed E-state index contributed by atoms with van der Waals surface area (Å²) in [7, 11) is 1.82. The molecule has 0 unspecified atom stereocenters. The highest BCUT2D eigenvalue weighted by atomic mass is 32.1. The van der Waals surface area contributed by atoms with Crippen molar-refractivity contribution < 1.29 is 0 Å². The van der Waals surface area contributed by atoms with E-state index in [2.05, 4.69) is 70.8 Å². The Hall–Kier alpha value is -2.52. The lowest BCUT2D eigenvalue weighted by atomic mass is 10.0. The lowest BCUT2D eigenvalue weighted by Gasteiger charge is -2.06. The molecule has 0 aliphatic rings. The predicted octanol–water partition coefficient (Wildman–Crippen LogP) is 5.33. The summed E-state index contributed by atoms with van der Waals surface area (Å²) in [6.45, 7) is 2.11. The highest BCUT2D eigenvalue weighted by molar-refractivity contribution is 7.13. The number of nitrogens with zero attached hydrogens (tertiary/aromatic N) is 2. The van der Waals surface area contributed by atoms with E-state index < -0.39 is 0 Å². The van der Waals surface area contributed by atoms with Crippen LogP contribution in [0.5, 0.6) is 0 Å². The number of aromatic nitrogens is 1. The van der Waals surface area contributed by atoms with Crippen molar-refractivity contribution in [2.45, 2.75) is 6.92 Å². The van der Waals surface area contributed by atoms with Gasteiger partial charge in [0, 0.05) is 35.4 Å². The van der Waals surface area contributed by atoms with E-state index in [4.69, 9.17) is 0 Å².